The van der Waals surface area contributed by atoms with Crippen molar-refractivity contribution in [3.63, 3.8) is 0 Å². The fourth-order valence-electron chi connectivity index (χ4n) is 3.12. The molecule has 5 N–H and O–H groups in total. The molecular formula is C22H27NO8. The van der Waals surface area contributed by atoms with Crippen molar-refractivity contribution in [3.05, 3.63) is 65.7 Å². The summed E-state index contributed by atoms with van der Waals surface area (Å²) in [5.74, 6) is 0.378. The average Bonchev–Trinajstić information content (AvgIpc) is 2.80. The van der Waals surface area contributed by atoms with Crippen molar-refractivity contribution in [2.24, 2.45) is 0 Å². The summed E-state index contributed by atoms with van der Waals surface area (Å²) in [6, 6.07) is 16.3. The first-order valence-electron chi connectivity index (χ1n) is 9.98. The highest BCUT2D eigenvalue weighted by molar-refractivity contribution is 5.67. The molecule has 9 nitrogen and oxygen atoms in total. The van der Waals surface area contributed by atoms with Gasteiger partial charge in [0.2, 0.25) is 6.29 Å². The quantitative estimate of drug-likeness (QED) is 0.402. The van der Waals surface area contributed by atoms with Gasteiger partial charge in [-0.2, -0.15) is 0 Å². The molecule has 1 aliphatic heterocycles. The number of hydrogen-bond donors (Lipinski definition) is 5. The standard InChI is InChI=1S/C22H27NO8/c24-12-17-18(25)19(26)20(27)21(31-17)30-16-8-6-14(7-9-16)10-11-23-22(28)29-13-15-4-2-1-3-5-15/h1-9,17-21,24-27H,10-13H2,(H,23,28)/t17?,18-,19-,20?,21+/m0/s1. The topological polar surface area (TPSA) is 138 Å². The molecule has 0 bridgehead atoms. The van der Waals surface area contributed by atoms with Crippen LogP contribution in [0.1, 0.15) is 11.1 Å². The molecule has 0 aromatic heterocycles. The van der Waals surface area contributed by atoms with Gasteiger partial charge < -0.3 is 40.0 Å². The Morgan fingerprint density at radius 3 is 2.32 bits per heavy atom. The highest BCUT2D eigenvalue weighted by atomic mass is 16.7. The summed E-state index contributed by atoms with van der Waals surface area (Å²) in [6.07, 6.45) is -6.59. The molecule has 0 spiro atoms. The molecule has 0 radical (unpaired) electrons. The van der Waals surface area contributed by atoms with Gasteiger partial charge in [-0.3, -0.25) is 0 Å². The van der Waals surface area contributed by atoms with E-state index in [1.165, 1.54) is 0 Å². The summed E-state index contributed by atoms with van der Waals surface area (Å²) in [5.41, 5.74) is 1.84. The average molecular weight is 433 g/mol. The molecule has 2 unspecified atom stereocenters. The maximum Gasteiger partial charge on any atom is 0.407 e. The zero-order chi connectivity index (χ0) is 22.2. The van der Waals surface area contributed by atoms with Gasteiger partial charge in [-0.05, 0) is 29.7 Å². The Bertz CT molecular complexity index is 814. The van der Waals surface area contributed by atoms with E-state index >= 15 is 0 Å². The second-order valence-electron chi connectivity index (χ2n) is 7.20. The highest BCUT2D eigenvalue weighted by Crippen LogP contribution is 2.24. The summed E-state index contributed by atoms with van der Waals surface area (Å²) >= 11 is 0. The molecule has 31 heavy (non-hydrogen) atoms. The van der Waals surface area contributed by atoms with Crippen molar-refractivity contribution in [3.8, 4) is 5.75 Å². The van der Waals surface area contributed by atoms with Crippen molar-refractivity contribution in [1.29, 1.82) is 0 Å². The van der Waals surface area contributed by atoms with E-state index in [9.17, 15) is 25.2 Å². The number of ether oxygens (including phenoxy) is 3. The Morgan fingerprint density at radius 1 is 0.935 bits per heavy atom. The van der Waals surface area contributed by atoms with Crippen LogP contribution in [0.2, 0.25) is 0 Å². The van der Waals surface area contributed by atoms with Crippen LogP contribution < -0.4 is 10.1 Å². The van der Waals surface area contributed by atoms with Gasteiger partial charge in [0.05, 0.1) is 6.61 Å². The first-order chi connectivity index (χ1) is 15.0. The van der Waals surface area contributed by atoms with Crippen LogP contribution >= 0.6 is 0 Å². The number of hydrogen-bond acceptors (Lipinski definition) is 8. The summed E-state index contributed by atoms with van der Waals surface area (Å²) in [6.45, 7) is 0.0712. The van der Waals surface area contributed by atoms with Crippen LogP contribution in [0.3, 0.4) is 0 Å². The molecule has 1 heterocycles. The Hall–Kier alpha value is -2.69. The summed E-state index contributed by atoms with van der Waals surface area (Å²) in [4.78, 5) is 11.8. The third kappa shape index (κ3) is 6.39. The maximum atomic E-state index is 11.8. The Labute approximate surface area is 179 Å². The van der Waals surface area contributed by atoms with E-state index in [-0.39, 0.29) is 6.61 Å². The van der Waals surface area contributed by atoms with E-state index in [0.29, 0.717) is 18.7 Å². The Balaban J connectivity index is 1.42. The first-order valence-corrected chi connectivity index (χ1v) is 9.98. The van der Waals surface area contributed by atoms with Crippen LogP contribution in [0.4, 0.5) is 4.79 Å². The second kappa shape index (κ2) is 11.1. The van der Waals surface area contributed by atoms with Crippen LogP contribution in [0.25, 0.3) is 0 Å². The van der Waals surface area contributed by atoms with Crippen LogP contribution in [0.15, 0.2) is 54.6 Å². The van der Waals surface area contributed by atoms with Gasteiger partial charge in [0.15, 0.2) is 0 Å². The van der Waals surface area contributed by atoms with Crippen molar-refractivity contribution in [2.75, 3.05) is 13.2 Å². The summed E-state index contributed by atoms with van der Waals surface area (Å²) in [7, 11) is 0. The smallest absolute Gasteiger partial charge is 0.407 e. The Kier molecular flexibility index (Phi) is 8.21. The molecule has 1 aliphatic rings. The molecule has 1 saturated heterocycles. The van der Waals surface area contributed by atoms with Gasteiger partial charge in [0.25, 0.3) is 0 Å². The fourth-order valence-corrected chi connectivity index (χ4v) is 3.12. The molecule has 2 aromatic rings. The zero-order valence-electron chi connectivity index (χ0n) is 16.8. The molecule has 168 valence electrons. The number of benzene rings is 2. The van der Waals surface area contributed by atoms with Gasteiger partial charge in [0, 0.05) is 6.54 Å². The summed E-state index contributed by atoms with van der Waals surface area (Å²) in [5, 5.41) is 41.6. The number of carbonyl (C=O) groups excluding carboxylic acids is 1. The molecular weight excluding hydrogens is 406 g/mol. The molecule has 1 amide bonds. The minimum Gasteiger partial charge on any atom is -0.462 e. The molecule has 5 atom stereocenters. The van der Waals surface area contributed by atoms with Crippen LogP contribution in [-0.2, 0) is 22.5 Å². The lowest BCUT2D eigenvalue weighted by atomic mass is 9.99. The van der Waals surface area contributed by atoms with Gasteiger partial charge in [0.1, 0.15) is 36.8 Å². The first kappa shape index (κ1) is 23.0. The van der Waals surface area contributed by atoms with Crippen LogP contribution in [-0.4, -0.2) is 70.4 Å². The highest BCUT2D eigenvalue weighted by Gasteiger charge is 2.44. The second-order valence-corrected chi connectivity index (χ2v) is 7.20. The lowest BCUT2D eigenvalue weighted by Gasteiger charge is -2.39. The van der Waals surface area contributed by atoms with E-state index in [1.54, 1.807) is 24.3 Å². The van der Waals surface area contributed by atoms with Gasteiger partial charge in [-0.25, -0.2) is 4.79 Å². The lowest BCUT2D eigenvalue weighted by Crippen LogP contribution is -2.60. The molecule has 1 fully saturated rings. The largest absolute Gasteiger partial charge is 0.462 e. The number of aliphatic hydroxyl groups is 4. The minimum absolute atomic E-state index is 0.205. The van der Waals surface area contributed by atoms with Crippen molar-refractivity contribution in [2.45, 2.75) is 43.7 Å². The molecule has 2 aromatic carbocycles. The number of alkyl carbamates (subject to hydrolysis) is 1. The predicted octanol–water partition coefficient (Wildman–Crippen LogP) is 0.334. The monoisotopic (exact) mass is 433 g/mol. The van der Waals surface area contributed by atoms with Crippen LogP contribution in [0, 0.1) is 0 Å². The molecule has 3 rings (SSSR count). The van der Waals surface area contributed by atoms with Crippen molar-refractivity contribution in [1.82, 2.24) is 5.32 Å². The van der Waals surface area contributed by atoms with Gasteiger partial charge >= 0.3 is 6.09 Å². The van der Waals surface area contributed by atoms with E-state index in [0.717, 1.165) is 11.1 Å². The molecule has 0 aliphatic carbocycles. The van der Waals surface area contributed by atoms with E-state index in [1.807, 2.05) is 30.3 Å². The SMILES string of the molecule is O=C(NCCc1ccc(O[C@@H]2OC(CO)[C@H](O)[C@H](O)C2O)cc1)OCc1ccccc1. The molecule has 9 heteroatoms. The predicted molar refractivity (Wildman–Crippen MR) is 109 cm³/mol. The third-order valence-electron chi connectivity index (χ3n) is 4.92. The number of rotatable bonds is 8. The van der Waals surface area contributed by atoms with E-state index in [2.05, 4.69) is 5.32 Å². The maximum absolute atomic E-state index is 11.8. The van der Waals surface area contributed by atoms with Crippen LogP contribution in [0.5, 0.6) is 5.75 Å². The van der Waals surface area contributed by atoms with E-state index in [4.69, 9.17) is 14.2 Å². The number of nitrogens with one attached hydrogen (secondary N) is 1. The van der Waals surface area contributed by atoms with E-state index < -0.39 is 43.4 Å². The summed E-state index contributed by atoms with van der Waals surface area (Å²) < 4.78 is 16.0. The number of amides is 1. The minimum atomic E-state index is -1.50. The zero-order valence-corrected chi connectivity index (χ0v) is 16.8. The number of aliphatic hydroxyl groups excluding tert-OH is 4. The Morgan fingerprint density at radius 2 is 1.65 bits per heavy atom. The lowest BCUT2D eigenvalue weighted by molar-refractivity contribution is -0.277. The van der Waals surface area contributed by atoms with Crippen molar-refractivity contribution >= 4 is 6.09 Å². The number of carbonyl (C=O) groups is 1. The fraction of sp³-hybridized carbons (Fsp3) is 0.409. The third-order valence-corrected chi connectivity index (χ3v) is 4.92. The normalized spacial score (nSPS) is 25.6. The van der Waals surface area contributed by atoms with Crippen molar-refractivity contribution < 1.29 is 39.4 Å². The molecule has 0 saturated carbocycles. The van der Waals surface area contributed by atoms with Gasteiger partial charge in [-0.1, -0.05) is 42.5 Å². The van der Waals surface area contributed by atoms with Gasteiger partial charge in [-0.15, -0.1) is 0 Å².